The minimum Gasteiger partial charge on any atom is -0.309 e. The van der Waals surface area contributed by atoms with Crippen LogP contribution in [-0.4, -0.2) is 26.3 Å². The third kappa shape index (κ3) is 10.1. The van der Waals surface area contributed by atoms with Crippen LogP contribution < -0.4 is 20.7 Å². The zero-order valence-corrected chi connectivity index (χ0v) is 68.3. The van der Waals surface area contributed by atoms with E-state index >= 15 is 0 Å². The van der Waals surface area contributed by atoms with Crippen molar-refractivity contribution >= 4 is 116 Å². The Morgan fingerprint density at radius 3 is 0.854 bits per heavy atom. The normalized spacial score (nSPS) is 15.2. The topological polar surface area (TPSA) is 19.7 Å². The molecule has 0 amide bonds. The van der Waals surface area contributed by atoms with Crippen molar-refractivity contribution in [2.24, 2.45) is 0 Å². The fourth-order valence-corrected chi connectivity index (χ4v) is 28.0. The van der Waals surface area contributed by atoms with Crippen LogP contribution in [0.4, 0.5) is 0 Å². The van der Waals surface area contributed by atoms with Gasteiger partial charge in [-0.05, 0) is 195 Å². The van der Waals surface area contributed by atoms with Gasteiger partial charge in [-0.25, -0.2) is 0 Å². The summed E-state index contributed by atoms with van der Waals surface area (Å²) in [5.41, 5.74) is 36.8. The Balaban J connectivity index is 0.000000138. The summed E-state index contributed by atoms with van der Waals surface area (Å²) in [6.07, 6.45) is 0. The van der Waals surface area contributed by atoms with E-state index < -0.39 is 8.07 Å². The standard InChI is InChI=1S/C68H46N2Si.C50H32N2/c1-4-21-45(22-5-1)46-23-18-29-50(43-46)71(48-25-6-2-7-26-48,49-27-8-3-9-28-49)51-30-19-24-47(44-51)69-59-37-16-14-35-56(59)66-61(69)39-20-40-62(66)70-60-38-17-15-36-57(60)67-63(70)42-41-58-64-52-31-10-12-33-54(52)65(68(58)67)55-34-13-11-32-53(55)64;1-2-14-31(15-3-1)32-16-12-17-33(30-32)51-41-24-10-8-22-38(41)48-43(51)26-13-27-44(48)52-42-25-11-9-23-39(42)49-45(52)29-28-40-46-34-18-4-6-20-36(34)47(50(40)49)37-21-7-5-19-35(37)46/h1-44,64-65H;1-30,46-47H. The van der Waals surface area contributed by atoms with Crippen molar-refractivity contribution in [2.75, 3.05) is 0 Å². The van der Waals surface area contributed by atoms with E-state index in [2.05, 4.69) is 467 Å². The second-order valence-electron chi connectivity index (χ2n) is 33.8. The van der Waals surface area contributed by atoms with Gasteiger partial charge in [-0.3, -0.25) is 0 Å². The van der Waals surface area contributed by atoms with Crippen molar-refractivity contribution < 1.29 is 0 Å². The van der Waals surface area contributed by atoms with Crippen LogP contribution in [0.1, 0.15) is 90.4 Å². The smallest absolute Gasteiger partial charge is 0.179 e. The van der Waals surface area contributed by atoms with Crippen LogP contribution in [0.2, 0.25) is 0 Å². The van der Waals surface area contributed by atoms with Crippen LogP contribution in [0.5, 0.6) is 0 Å². The molecule has 29 rings (SSSR count). The highest BCUT2D eigenvalue weighted by atomic mass is 28.3. The van der Waals surface area contributed by atoms with Crippen LogP contribution in [0.25, 0.3) is 132 Å². The van der Waals surface area contributed by atoms with Crippen LogP contribution in [0.3, 0.4) is 0 Å². The van der Waals surface area contributed by atoms with Gasteiger partial charge in [0.1, 0.15) is 0 Å². The monoisotopic (exact) mass is 1580 g/mol. The summed E-state index contributed by atoms with van der Waals surface area (Å²) in [5, 5.41) is 15.8. The molecule has 123 heavy (non-hydrogen) atoms. The minimum absolute atomic E-state index is 0.165. The largest absolute Gasteiger partial charge is 0.309 e. The molecule has 4 bridgehead atoms. The van der Waals surface area contributed by atoms with Gasteiger partial charge in [-0.2, -0.15) is 0 Å². The van der Waals surface area contributed by atoms with Crippen LogP contribution in [0, 0.1) is 0 Å². The Bertz CT molecular complexity index is 8150. The summed E-state index contributed by atoms with van der Waals surface area (Å²) in [5.74, 6) is 0.819. The van der Waals surface area contributed by atoms with Crippen LogP contribution in [0.15, 0.2) is 449 Å². The first-order valence-electron chi connectivity index (χ1n) is 43.2. The maximum absolute atomic E-state index is 2.94. The third-order valence-corrected chi connectivity index (χ3v) is 32.6. The molecule has 0 spiro atoms. The molecule has 574 valence electrons. The first-order valence-corrected chi connectivity index (χ1v) is 45.2. The Morgan fingerprint density at radius 2 is 0.439 bits per heavy atom. The number of hydrogen-bond acceptors (Lipinski definition) is 0. The van der Waals surface area contributed by atoms with Crippen molar-refractivity contribution in [1.82, 2.24) is 18.3 Å². The van der Waals surface area contributed by atoms with E-state index in [1.54, 1.807) is 0 Å². The van der Waals surface area contributed by atoms with Gasteiger partial charge in [-0.1, -0.05) is 364 Å². The van der Waals surface area contributed by atoms with Gasteiger partial charge in [-0.15, -0.1) is 0 Å². The molecular formula is C118H78N4Si. The molecule has 19 aromatic carbocycles. The molecule has 0 saturated heterocycles. The van der Waals surface area contributed by atoms with Crippen molar-refractivity contribution in [1.29, 1.82) is 0 Å². The lowest BCUT2D eigenvalue weighted by Gasteiger charge is -2.42. The fourth-order valence-electron chi connectivity index (χ4n) is 23.2. The lowest BCUT2D eigenvalue weighted by molar-refractivity contribution is 0.761. The van der Waals surface area contributed by atoms with E-state index in [9.17, 15) is 0 Å². The summed E-state index contributed by atoms with van der Waals surface area (Å²) < 4.78 is 10.1. The molecule has 23 aromatic rings. The number of aromatic nitrogens is 4. The quantitative estimate of drug-likeness (QED) is 0.0961. The lowest BCUT2D eigenvalue weighted by atomic mass is 9.60. The van der Waals surface area contributed by atoms with E-state index in [1.165, 1.54) is 208 Å². The van der Waals surface area contributed by atoms with Gasteiger partial charge in [0.05, 0.1) is 55.5 Å². The Morgan fingerprint density at radius 1 is 0.163 bits per heavy atom. The predicted molar refractivity (Wildman–Crippen MR) is 514 cm³/mol. The average molecular weight is 1580 g/mol. The van der Waals surface area contributed by atoms with Gasteiger partial charge in [0.15, 0.2) is 8.07 Å². The summed E-state index contributed by atoms with van der Waals surface area (Å²) >= 11 is 0. The van der Waals surface area contributed by atoms with E-state index in [4.69, 9.17) is 0 Å². The summed E-state index contributed by atoms with van der Waals surface area (Å²) in [4.78, 5) is 0. The number of nitrogens with zero attached hydrogens (tertiary/aromatic N) is 4. The van der Waals surface area contributed by atoms with E-state index in [1.807, 2.05) is 0 Å². The molecule has 0 N–H and O–H groups in total. The van der Waals surface area contributed by atoms with Crippen LogP contribution in [-0.2, 0) is 0 Å². The molecule has 4 aromatic heterocycles. The molecule has 6 aliphatic rings. The zero-order chi connectivity index (χ0) is 80.5. The van der Waals surface area contributed by atoms with Crippen molar-refractivity contribution in [2.45, 2.75) is 23.7 Å². The number of rotatable bonds is 10. The number of hydrogen-bond donors (Lipinski definition) is 0. The molecular weight excluding hydrogens is 1500 g/mol. The molecule has 0 saturated carbocycles. The molecule has 0 radical (unpaired) electrons. The van der Waals surface area contributed by atoms with E-state index in [0.717, 1.165) is 11.4 Å². The highest BCUT2D eigenvalue weighted by Gasteiger charge is 2.46. The zero-order valence-electron chi connectivity index (χ0n) is 67.3. The number of fused-ring (bicyclic) bond motifs is 12. The summed E-state index contributed by atoms with van der Waals surface area (Å²) in [7, 11) is -2.94. The SMILES string of the molecule is c1ccc(-c2cccc(-n3c4ccccc4c4c(-n5c6ccccc6c6c7c(ccc65)C5c6ccccc6C7c6ccccc65)cccc43)c2)cc1.c1ccc(-c2cccc([Si](c3ccccc3)(c3ccccc3)c3cccc(-n4c5ccccc5c5c(-n6c7ccccc7c7c8c(ccc76)C6c7ccccc7C8c7ccccc76)cccc54)c3)c2)cc1. The summed E-state index contributed by atoms with van der Waals surface area (Å²) in [6.45, 7) is 0. The first-order chi connectivity index (χ1) is 61.1. The van der Waals surface area contributed by atoms with Gasteiger partial charge < -0.3 is 18.3 Å². The lowest BCUT2D eigenvalue weighted by Crippen LogP contribution is -2.74. The Hall–Kier alpha value is -15.4. The number of para-hydroxylation sites is 4. The number of benzene rings is 19. The van der Waals surface area contributed by atoms with Crippen LogP contribution >= 0.6 is 0 Å². The molecule has 0 aliphatic heterocycles. The third-order valence-electron chi connectivity index (χ3n) is 27.9. The second kappa shape index (κ2) is 27.3. The highest BCUT2D eigenvalue weighted by molar-refractivity contribution is 7.20. The van der Waals surface area contributed by atoms with E-state index in [-0.39, 0.29) is 23.7 Å². The molecule has 4 heterocycles. The molecule has 0 atom stereocenters. The van der Waals surface area contributed by atoms with Gasteiger partial charge >= 0.3 is 0 Å². The predicted octanol–water partition coefficient (Wildman–Crippen LogP) is 26.4. The molecule has 0 fully saturated rings. The fraction of sp³-hybridized carbons (Fsp3) is 0.0339. The second-order valence-corrected chi connectivity index (χ2v) is 37.6. The maximum Gasteiger partial charge on any atom is 0.179 e. The summed E-state index contributed by atoms with van der Waals surface area (Å²) in [6, 6.07) is 168. The molecule has 6 aliphatic carbocycles. The molecule has 5 heteroatoms. The van der Waals surface area contributed by atoms with E-state index in [0.29, 0.717) is 0 Å². The van der Waals surface area contributed by atoms with Gasteiger partial charge in [0, 0.05) is 78.1 Å². The Labute approximate surface area is 713 Å². The highest BCUT2D eigenvalue weighted by Crippen LogP contribution is 2.61. The average Bonchev–Trinajstić information content (AvgIpc) is 1.58. The van der Waals surface area contributed by atoms with Gasteiger partial charge in [0.25, 0.3) is 0 Å². The molecule has 0 unspecified atom stereocenters. The minimum atomic E-state index is -2.94. The molecule has 4 nitrogen and oxygen atoms in total. The van der Waals surface area contributed by atoms with Crippen molar-refractivity contribution in [3.8, 4) is 45.0 Å². The maximum atomic E-state index is 2.57. The Kier molecular flexibility index (Phi) is 15.4. The van der Waals surface area contributed by atoms with Crippen molar-refractivity contribution in [3.63, 3.8) is 0 Å². The first kappa shape index (κ1) is 69.5. The van der Waals surface area contributed by atoms with Crippen molar-refractivity contribution in [3.05, 3.63) is 516 Å². The van der Waals surface area contributed by atoms with Gasteiger partial charge in [0.2, 0.25) is 0 Å².